The Hall–Kier alpha value is -2.87. The number of nitrogens with one attached hydrogen (secondary N) is 2. The molecule has 3 aromatic rings. The van der Waals surface area contributed by atoms with Crippen LogP contribution in [0.1, 0.15) is 10.8 Å². The SMILES string of the molecule is CNC(=O)NC(=O)[C@@H](Sc1nnc2ccccn12)c1ccccc1. The summed E-state index contributed by atoms with van der Waals surface area (Å²) in [6.07, 6.45) is 1.83. The van der Waals surface area contributed by atoms with Crippen molar-refractivity contribution in [1.82, 2.24) is 25.2 Å². The Balaban J connectivity index is 1.93. The number of urea groups is 1. The van der Waals surface area contributed by atoms with Crippen molar-refractivity contribution in [2.24, 2.45) is 0 Å². The summed E-state index contributed by atoms with van der Waals surface area (Å²) in [4.78, 5) is 24.0. The Morgan fingerprint density at radius 1 is 1.08 bits per heavy atom. The minimum absolute atomic E-state index is 0.418. The number of fused-ring (bicyclic) bond motifs is 1. The molecule has 0 aliphatic rings. The van der Waals surface area contributed by atoms with Crippen LogP contribution >= 0.6 is 11.8 Å². The van der Waals surface area contributed by atoms with Gasteiger partial charge in [-0.1, -0.05) is 48.2 Å². The normalized spacial score (nSPS) is 11.9. The minimum atomic E-state index is -0.629. The molecule has 0 spiro atoms. The Kier molecular flexibility index (Phi) is 4.76. The number of benzene rings is 1. The predicted molar refractivity (Wildman–Crippen MR) is 90.6 cm³/mol. The van der Waals surface area contributed by atoms with Crippen LogP contribution < -0.4 is 10.6 Å². The fourth-order valence-corrected chi connectivity index (χ4v) is 3.17. The Morgan fingerprint density at radius 3 is 2.58 bits per heavy atom. The Labute approximate surface area is 142 Å². The molecule has 0 saturated heterocycles. The molecule has 0 bridgehead atoms. The van der Waals surface area contributed by atoms with Crippen molar-refractivity contribution in [2.75, 3.05) is 7.05 Å². The van der Waals surface area contributed by atoms with E-state index in [1.54, 1.807) is 4.40 Å². The van der Waals surface area contributed by atoms with E-state index in [9.17, 15) is 9.59 Å². The summed E-state index contributed by atoms with van der Waals surface area (Å²) in [5, 5.41) is 12.9. The second-order valence-corrected chi connectivity index (χ2v) is 5.96. The predicted octanol–water partition coefficient (Wildman–Crippen LogP) is 2.02. The smallest absolute Gasteiger partial charge is 0.321 e. The monoisotopic (exact) mass is 341 g/mol. The van der Waals surface area contributed by atoms with Crippen molar-refractivity contribution >= 4 is 29.3 Å². The van der Waals surface area contributed by atoms with Crippen LogP contribution in [0.2, 0.25) is 0 Å². The Bertz CT molecular complexity index is 865. The second-order valence-electron chi connectivity index (χ2n) is 4.89. The number of hydrogen-bond donors (Lipinski definition) is 2. The van der Waals surface area contributed by atoms with Crippen molar-refractivity contribution < 1.29 is 9.59 Å². The summed E-state index contributed by atoms with van der Waals surface area (Å²) < 4.78 is 1.80. The highest BCUT2D eigenvalue weighted by atomic mass is 32.2. The lowest BCUT2D eigenvalue weighted by molar-refractivity contribution is -0.119. The average molecular weight is 341 g/mol. The molecule has 0 aliphatic carbocycles. The zero-order chi connectivity index (χ0) is 16.9. The molecular formula is C16H15N5O2S. The van der Waals surface area contributed by atoms with Crippen LogP contribution in [-0.2, 0) is 4.79 Å². The van der Waals surface area contributed by atoms with Crippen LogP contribution in [0, 0.1) is 0 Å². The van der Waals surface area contributed by atoms with Crippen LogP contribution in [0.15, 0.2) is 59.9 Å². The molecule has 8 heteroatoms. The number of nitrogens with zero attached hydrogens (tertiary/aromatic N) is 3. The van der Waals surface area contributed by atoms with Gasteiger partial charge in [0.2, 0.25) is 5.91 Å². The molecule has 2 heterocycles. The van der Waals surface area contributed by atoms with E-state index in [0.29, 0.717) is 10.8 Å². The van der Waals surface area contributed by atoms with Gasteiger partial charge in [-0.25, -0.2) is 4.79 Å². The van der Waals surface area contributed by atoms with Crippen LogP contribution in [-0.4, -0.2) is 33.6 Å². The first-order chi connectivity index (χ1) is 11.7. The lowest BCUT2D eigenvalue weighted by Crippen LogP contribution is -2.39. The molecule has 0 radical (unpaired) electrons. The third-order valence-corrected chi connectivity index (χ3v) is 4.52. The van der Waals surface area contributed by atoms with Gasteiger partial charge in [0.25, 0.3) is 0 Å². The highest BCUT2D eigenvalue weighted by molar-refractivity contribution is 8.00. The van der Waals surface area contributed by atoms with E-state index < -0.39 is 17.2 Å². The van der Waals surface area contributed by atoms with Gasteiger partial charge in [-0.3, -0.25) is 14.5 Å². The molecule has 0 fully saturated rings. The number of pyridine rings is 1. The molecule has 0 aliphatic heterocycles. The number of imide groups is 1. The van der Waals surface area contributed by atoms with Gasteiger partial charge < -0.3 is 5.32 Å². The summed E-state index contributed by atoms with van der Waals surface area (Å²) >= 11 is 1.24. The molecule has 0 unspecified atom stereocenters. The average Bonchev–Trinajstić information content (AvgIpc) is 3.03. The standard InChI is InChI=1S/C16H15N5O2S/c1-17-15(23)18-14(22)13(11-7-3-2-4-8-11)24-16-20-19-12-9-5-6-10-21(12)16/h2-10,13H,1H3,(H2,17,18,22,23)/t13-/m0/s1. The van der Waals surface area contributed by atoms with E-state index in [-0.39, 0.29) is 0 Å². The lowest BCUT2D eigenvalue weighted by atomic mass is 10.1. The highest BCUT2D eigenvalue weighted by Gasteiger charge is 2.25. The van der Waals surface area contributed by atoms with Gasteiger partial charge in [-0.05, 0) is 17.7 Å². The Morgan fingerprint density at radius 2 is 1.83 bits per heavy atom. The molecular weight excluding hydrogens is 326 g/mol. The lowest BCUT2D eigenvalue weighted by Gasteiger charge is -2.15. The number of thioether (sulfide) groups is 1. The van der Waals surface area contributed by atoms with Gasteiger partial charge in [-0.15, -0.1) is 10.2 Å². The van der Waals surface area contributed by atoms with E-state index in [2.05, 4.69) is 20.8 Å². The van der Waals surface area contributed by atoms with Crippen LogP contribution in [0.5, 0.6) is 0 Å². The minimum Gasteiger partial charge on any atom is -0.341 e. The number of carbonyl (C=O) groups excluding carboxylic acids is 2. The maximum absolute atomic E-state index is 12.5. The fraction of sp³-hybridized carbons (Fsp3) is 0.125. The van der Waals surface area contributed by atoms with Gasteiger partial charge in [-0.2, -0.15) is 0 Å². The summed E-state index contributed by atoms with van der Waals surface area (Å²) in [6, 6.07) is 14.2. The zero-order valence-electron chi connectivity index (χ0n) is 12.8. The van der Waals surface area contributed by atoms with E-state index >= 15 is 0 Å². The number of carbonyl (C=O) groups is 2. The second kappa shape index (κ2) is 7.14. The molecule has 2 N–H and O–H groups in total. The molecule has 1 atom stereocenters. The third-order valence-electron chi connectivity index (χ3n) is 3.31. The van der Waals surface area contributed by atoms with Crippen molar-refractivity contribution in [2.45, 2.75) is 10.4 Å². The van der Waals surface area contributed by atoms with Gasteiger partial charge in [0, 0.05) is 13.2 Å². The first kappa shape index (κ1) is 16.0. The summed E-state index contributed by atoms with van der Waals surface area (Å²) in [7, 11) is 1.46. The largest absolute Gasteiger partial charge is 0.341 e. The summed E-state index contributed by atoms with van der Waals surface area (Å²) in [5.74, 6) is -0.418. The van der Waals surface area contributed by atoms with Crippen LogP contribution in [0.4, 0.5) is 4.79 Å². The summed E-state index contributed by atoms with van der Waals surface area (Å²) in [5.41, 5.74) is 1.47. The van der Waals surface area contributed by atoms with Crippen molar-refractivity contribution in [3.8, 4) is 0 Å². The maximum atomic E-state index is 12.5. The molecule has 7 nitrogen and oxygen atoms in total. The van der Waals surface area contributed by atoms with Gasteiger partial charge in [0.15, 0.2) is 10.8 Å². The van der Waals surface area contributed by atoms with Crippen molar-refractivity contribution in [3.63, 3.8) is 0 Å². The van der Waals surface area contributed by atoms with E-state index in [4.69, 9.17) is 0 Å². The maximum Gasteiger partial charge on any atom is 0.321 e. The van der Waals surface area contributed by atoms with E-state index in [0.717, 1.165) is 5.56 Å². The van der Waals surface area contributed by atoms with Crippen LogP contribution in [0.3, 0.4) is 0 Å². The molecule has 0 saturated carbocycles. The first-order valence-electron chi connectivity index (χ1n) is 7.23. The molecule has 3 amide bonds. The van der Waals surface area contributed by atoms with Gasteiger partial charge in [0.1, 0.15) is 5.25 Å². The topological polar surface area (TPSA) is 88.4 Å². The quantitative estimate of drug-likeness (QED) is 0.709. The van der Waals surface area contributed by atoms with E-state index in [1.165, 1.54) is 18.8 Å². The van der Waals surface area contributed by atoms with E-state index in [1.807, 2.05) is 54.7 Å². The fourth-order valence-electron chi connectivity index (χ4n) is 2.15. The molecule has 122 valence electrons. The molecule has 3 rings (SSSR count). The number of hydrogen-bond acceptors (Lipinski definition) is 5. The molecule has 24 heavy (non-hydrogen) atoms. The van der Waals surface area contributed by atoms with Gasteiger partial charge in [0.05, 0.1) is 0 Å². The van der Waals surface area contributed by atoms with Crippen molar-refractivity contribution in [1.29, 1.82) is 0 Å². The number of rotatable bonds is 4. The third kappa shape index (κ3) is 3.38. The first-order valence-corrected chi connectivity index (χ1v) is 8.11. The molecule has 1 aromatic carbocycles. The summed E-state index contributed by atoms with van der Waals surface area (Å²) in [6.45, 7) is 0. The number of amides is 3. The van der Waals surface area contributed by atoms with Crippen LogP contribution in [0.25, 0.3) is 5.65 Å². The van der Waals surface area contributed by atoms with Crippen molar-refractivity contribution in [3.05, 3.63) is 60.3 Å². The van der Waals surface area contributed by atoms with Gasteiger partial charge >= 0.3 is 6.03 Å². The molecule has 2 aromatic heterocycles. The zero-order valence-corrected chi connectivity index (χ0v) is 13.7. The highest BCUT2D eigenvalue weighted by Crippen LogP contribution is 2.34. The number of aromatic nitrogens is 3.